The van der Waals surface area contributed by atoms with Crippen LogP contribution in [0.4, 0.5) is 5.95 Å². The van der Waals surface area contributed by atoms with E-state index in [2.05, 4.69) is 9.97 Å². The van der Waals surface area contributed by atoms with Crippen molar-refractivity contribution in [3.63, 3.8) is 0 Å². The van der Waals surface area contributed by atoms with E-state index in [1.165, 1.54) is 0 Å². The number of nitrogens with zero attached hydrogens (tertiary/aromatic N) is 1. The second-order valence-electron chi connectivity index (χ2n) is 1.44. The van der Waals surface area contributed by atoms with Crippen LogP contribution < -0.4 is 5.73 Å². The van der Waals surface area contributed by atoms with E-state index >= 15 is 0 Å². The molecule has 4 nitrogen and oxygen atoms in total. The first-order valence-corrected chi connectivity index (χ1v) is 2.23. The first-order valence-electron chi connectivity index (χ1n) is 2.23. The van der Waals surface area contributed by atoms with Gasteiger partial charge in [-0.25, -0.2) is 4.98 Å². The van der Waals surface area contributed by atoms with Gasteiger partial charge >= 0.3 is 0 Å². The number of halogens is 1. The van der Waals surface area contributed by atoms with Crippen molar-refractivity contribution in [2.24, 2.45) is 0 Å². The number of aromatic amines is 1. The molecule has 0 atom stereocenters. The quantitative estimate of drug-likeness (QED) is 0.522. The molecule has 0 aliphatic rings. The van der Waals surface area contributed by atoms with E-state index in [1.54, 1.807) is 6.20 Å². The van der Waals surface area contributed by atoms with Crippen molar-refractivity contribution in [2.75, 3.05) is 5.73 Å². The molecule has 1 rings (SSSR count). The second-order valence-corrected chi connectivity index (χ2v) is 1.44. The van der Waals surface area contributed by atoms with Gasteiger partial charge in [-0.3, -0.25) is 0 Å². The van der Waals surface area contributed by atoms with Gasteiger partial charge in [0.2, 0.25) is 0 Å². The topological polar surface area (TPSA) is 74.9 Å². The first-order chi connectivity index (χ1) is 3.83. The van der Waals surface area contributed by atoms with Crippen LogP contribution in [0.5, 0.6) is 0 Å². The lowest BCUT2D eigenvalue weighted by Gasteiger charge is -1.79. The molecule has 0 amide bonds. The molecular formula is C4H8ClN3O. The van der Waals surface area contributed by atoms with Crippen LogP contribution in [0.25, 0.3) is 0 Å². The molecule has 4 N–H and O–H groups in total. The largest absolute Gasteiger partial charge is 0.390 e. The number of nitrogen functional groups attached to an aromatic ring is 1. The number of H-pyrrole nitrogens is 1. The van der Waals surface area contributed by atoms with Crippen molar-refractivity contribution in [2.45, 2.75) is 6.61 Å². The molecule has 0 aliphatic heterocycles. The van der Waals surface area contributed by atoms with E-state index in [0.717, 1.165) is 0 Å². The molecule has 0 aromatic carbocycles. The maximum absolute atomic E-state index is 8.41. The number of hydrogen-bond donors (Lipinski definition) is 3. The summed E-state index contributed by atoms with van der Waals surface area (Å²) >= 11 is 0. The number of hydrogen-bond acceptors (Lipinski definition) is 3. The zero-order valence-corrected chi connectivity index (χ0v) is 5.48. The van der Waals surface area contributed by atoms with Crippen LogP contribution in [0.3, 0.4) is 0 Å². The number of rotatable bonds is 1. The van der Waals surface area contributed by atoms with E-state index in [-0.39, 0.29) is 19.0 Å². The fourth-order valence-electron chi connectivity index (χ4n) is 0.458. The van der Waals surface area contributed by atoms with Gasteiger partial charge in [0, 0.05) is 6.20 Å². The molecule has 0 fully saturated rings. The van der Waals surface area contributed by atoms with E-state index in [9.17, 15) is 0 Å². The van der Waals surface area contributed by atoms with Gasteiger partial charge in [-0.1, -0.05) is 0 Å². The van der Waals surface area contributed by atoms with Crippen molar-refractivity contribution in [3.05, 3.63) is 11.9 Å². The van der Waals surface area contributed by atoms with E-state index < -0.39 is 0 Å². The van der Waals surface area contributed by atoms with Crippen LogP contribution in [0.2, 0.25) is 0 Å². The highest BCUT2D eigenvalue weighted by Crippen LogP contribution is 1.95. The van der Waals surface area contributed by atoms with Crippen LogP contribution in [-0.4, -0.2) is 15.1 Å². The Balaban J connectivity index is 0.000000640. The Labute approximate surface area is 58.5 Å². The standard InChI is InChI=1S/C4H7N3O.ClH/c5-4-6-1-3(2-8)7-4;/h1,8H,2H2,(H3,5,6,7);1H. The predicted octanol–water partition coefficient (Wildman–Crippen LogP) is -0.0940. The minimum atomic E-state index is -0.0618. The highest BCUT2D eigenvalue weighted by molar-refractivity contribution is 5.85. The number of imidazole rings is 1. The van der Waals surface area contributed by atoms with Gasteiger partial charge in [-0.2, -0.15) is 0 Å². The Bertz CT molecular complexity index is 176. The van der Waals surface area contributed by atoms with Crippen molar-refractivity contribution in [3.8, 4) is 0 Å². The normalized spacial score (nSPS) is 8.56. The Morgan fingerprint density at radius 1 is 1.78 bits per heavy atom. The third kappa shape index (κ3) is 1.91. The zero-order chi connectivity index (χ0) is 5.98. The van der Waals surface area contributed by atoms with Crippen LogP contribution in [0.1, 0.15) is 5.69 Å². The lowest BCUT2D eigenvalue weighted by atomic mass is 10.5. The maximum Gasteiger partial charge on any atom is 0.197 e. The highest BCUT2D eigenvalue weighted by atomic mass is 35.5. The summed E-state index contributed by atoms with van der Waals surface area (Å²) in [6.07, 6.45) is 1.56. The van der Waals surface area contributed by atoms with Crippen molar-refractivity contribution >= 4 is 18.4 Å². The average Bonchev–Trinajstić information content (AvgIpc) is 2.14. The van der Waals surface area contributed by atoms with Crippen LogP contribution in [0.15, 0.2) is 6.20 Å². The Hall–Kier alpha value is -0.740. The Morgan fingerprint density at radius 3 is 2.67 bits per heavy atom. The zero-order valence-electron chi connectivity index (χ0n) is 4.66. The van der Waals surface area contributed by atoms with E-state index in [4.69, 9.17) is 10.8 Å². The monoisotopic (exact) mass is 149 g/mol. The van der Waals surface area contributed by atoms with E-state index in [1.807, 2.05) is 0 Å². The maximum atomic E-state index is 8.41. The summed E-state index contributed by atoms with van der Waals surface area (Å²) in [4.78, 5) is 6.33. The number of nitrogens with two attached hydrogens (primary N) is 1. The minimum absolute atomic E-state index is 0. The predicted molar refractivity (Wildman–Crippen MR) is 36.2 cm³/mol. The lowest BCUT2D eigenvalue weighted by molar-refractivity contribution is 0.277. The highest BCUT2D eigenvalue weighted by Gasteiger charge is 1.91. The lowest BCUT2D eigenvalue weighted by Crippen LogP contribution is -1.86. The molecule has 5 heteroatoms. The molecule has 0 aliphatic carbocycles. The summed E-state index contributed by atoms with van der Waals surface area (Å²) in [5, 5.41) is 8.41. The Morgan fingerprint density at radius 2 is 2.44 bits per heavy atom. The van der Waals surface area contributed by atoms with Gasteiger partial charge in [0.25, 0.3) is 0 Å². The molecule has 1 aromatic heterocycles. The molecule has 1 heterocycles. The molecule has 9 heavy (non-hydrogen) atoms. The van der Waals surface area contributed by atoms with Crippen molar-refractivity contribution < 1.29 is 5.11 Å². The van der Waals surface area contributed by atoms with Crippen LogP contribution in [-0.2, 0) is 6.61 Å². The third-order valence-electron chi connectivity index (χ3n) is 0.813. The molecule has 0 spiro atoms. The van der Waals surface area contributed by atoms with Crippen molar-refractivity contribution in [1.82, 2.24) is 9.97 Å². The van der Waals surface area contributed by atoms with Gasteiger partial charge in [0.05, 0.1) is 12.3 Å². The molecular weight excluding hydrogens is 142 g/mol. The number of aliphatic hydroxyl groups excluding tert-OH is 1. The average molecular weight is 150 g/mol. The smallest absolute Gasteiger partial charge is 0.197 e. The molecule has 0 saturated carbocycles. The molecule has 1 aromatic rings. The first kappa shape index (κ1) is 8.26. The molecule has 0 radical (unpaired) electrons. The third-order valence-corrected chi connectivity index (χ3v) is 0.813. The molecule has 0 unspecified atom stereocenters. The van der Waals surface area contributed by atoms with Crippen molar-refractivity contribution in [1.29, 1.82) is 0 Å². The summed E-state index contributed by atoms with van der Waals surface area (Å²) in [5.41, 5.74) is 5.75. The summed E-state index contributed by atoms with van der Waals surface area (Å²) in [7, 11) is 0. The number of aliphatic hydroxyl groups is 1. The minimum Gasteiger partial charge on any atom is -0.390 e. The number of anilines is 1. The molecule has 0 bridgehead atoms. The Kier molecular flexibility index (Phi) is 3.05. The van der Waals surface area contributed by atoms with Crippen LogP contribution >= 0.6 is 12.4 Å². The summed E-state index contributed by atoms with van der Waals surface area (Å²) in [5.74, 6) is 0.342. The van der Waals surface area contributed by atoms with Crippen LogP contribution in [0, 0.1) is 0 Å². The van der Waals surface area contributed by atoms with Gasteiger partial charge in [-0.05, 0) is 0 Å². The summed E-state index contributed by atoms with van der Waals surface area (Å²) in [6, 6.07) is 0. The molecule has 0 saturated heterocycles. The van der Waals surface area contributed by atoms with E-state index in [0.29, 0.717) is 11.6 Å². The van der Waals surface area contributed by atoms with Gasteiger partial charge in [0.1, 0.15) is 0 Å². The second kappa shape index (κ2) is 3.32. The summed E-state index contributed by atoms with van der Waals surface area (Å²) in [6.45, 7) is -0.0618. The summed E-state index contributed by atoms with van der Waals surface area (Å²) < 4.78 is 0. The van der Waals surface area contributed by atoms with Gasteiger partial charge in [-0.15, -0.1) is 12.4 Å². The fourth-order valence-corrected chi connectivity index (χ4v) is 0.458. The van der Waals surface area contributed by atoms with Gasteiger partial charge < -0.3 is 15.8 Å². The number of nitrogens with one attached hydrogen (secondary N) is 1. The number of aromatic nitrogens is 2. The molecule has 52 valence electrons. The SMILES string of the molecule is Cl.Nc1nc(CO)c[nH]1. The van der Waals surface area contributed by atoms with Gasteiger partial charge in [0.15, 0.2) is 5.95 Å². The fraction of sp³-hybridized carbons (Fsp3) is 0.250.